The van der Waals surface area contributed by atoms with Crippen LogP contribution in [-0.2, 0) is 17.8 Å². The number of piperazine rings is 1. The molecule has 166 valence electrons. The summed E-state index contributed by atoms with van der Waals surface area (Å²) in [6.45, 7) is 4.17. The summed E-state index contributed by atoms with van der Waals surface area (Å²) in [7, 11) is 0. The topological polar surface area (TPSA) is 36.4 Å². The Morgan fingerprint density at radius 2 is 1.36 bits per heavy atom. The van der Waals surface area contributed by atoms with Crippen molar-refractivity contribution in [2.45, 2.75) is 13.0 Å². The fraction of sp³-hybridized carbons (Fsp3) is 0.214. The highest BCUT2D eigenvalue weighted by molar-refractivity contribution is 7.09. The number of carbonyl (C=O) groups excluding carboxylic acids is 1. The van der Waals surface area contributed by atoms with Crippen LogP contribution in [0.4, 0.5) is 0 Å². The second-order valence-corrected chi connectivity index (χ2v) is 9.33. The standard InChI is InChI=1S/C28H27N3OS/c32-28(19-22-11-13-24(14-12-22)23-7-3-1-4-8-23)31-17-15-30(16-18-31)20-27-29-26(21-33-27)25-9-5-2-6-10-25/h1-14,21H,15-20H2. The molecule has 0 radical (unpaired) electrons. The third-order valence-corrected chi connectivity index (χ3v) is 6.96. The van der Waals surface area contributed by atoms with Gasteiger partial charge in [0.25, 0.3) is 0 Å². The molecular formula is C28H27N3OS. The van der Waals surface area contributed by atoms with Crippen LogP contribution >= 0.6 is 11.3 Å². The third kappa shape index (κ3) is 5.38. The van der Waals surface area contributed by atoms with Gasteiger partial charge in [-0.15, -0.1) is 11.3 Å². The Labute approximate surface area is 199 Å². The van der Waals surface area contributed by atoms with Gasteiger partial charge in [-0.3, -0.25) is 9.69 Å². The van der Waals surface area contributed by atoms with Crippen molar-refractivity contribution in [3.63, 3.8) is 0 Å². The van der Waals surface area contributed by atoms with Crippen molar-refractivity contribution < 1.29 is 4.79 Å². The highest BCUT2D eigenvalue weighted by Crippen LogP contribution is 2.23. The van der Waals surface area contributed by atoms with Crippen LogP contribution in [0.3, 0.4) is 0 Å². The van der Waals surface area contributed by atoms with E-state index >= 15 is 0 Å². The summed E-state index contributed by atoms with van der Waals surface area (Å²) in [5.41, 5.74) is 5.65. The molecule has 1 amide bonds. The molecule has 4 aromatic rings. The minimum atomic E-state index is 0.211. The van der Waals surface area contributed by atoms with E-state index in [9.17, 15) is 4.79 Å². The third-order valence-electron chi connectivity index (χ3n) is 6.12. The maximum absolute atomic E-state index is 12.8. The number of rotatable bonds is 6. The Bertz CT molecular complexity index is 1180. The minimum absolute atomic E-state index is 0.211. The van der Waals surface area contributed by atoms with Gasteiger partial charge in [-0.25, -0.2) is 4.98 Å². The lowest BCUT2D eigenvalue weighted by atomic mass is 10.0. The zero-order valence-corrected chi connectivity index (χ0v) is 19.4. The first-order valence-electron chi connectivity index (χ1n) is 11.4. The SMILES string of the molecule is O=C(Cc1ccc(-c2ccccc2)cc1)N1CCN(Cc2nc(-c3ccccc3)cs2)CC1. The lowest BCUT2D eigenvalue weighted by Gasteiger charge is -2.34. The maximum Gasteiger partial charge on any atom is 0.227 e. The van der Waals surface area contributed by atoms with Gasteiger partial charge in [0.05, 0.1) is 18.7 Å². The first kappa shape index (κ1) is 21.6. The van der Waals surface area contributed by atoms with Crippen molar-refractivity contribution in [2.24, 2.45) is 0 Å². The molecule has 1 saturated heterocycles. The van der Waals surface area contributed by atoms with Crippen LogP contribution in [0.2, 0.25) is 0 Å². The zero-order chi connectivity index (χ0) is 22.5. The van der Waals surface area contributed by atoms with Crippen molar-refractivity contribution >= 4 is 17.2 Å². The van der Waals surface area contributed by atoms with E-state index in [2.05, 4.69) is 58.8 Å². The predicted molar refractivity (Wildman–Crippen MR) is 135 cm³/mol. The molecule has 2 heterocycles. The van der Waals surface area contributed by atoms with Crippen LogP contribution in [0.15, 0.2) is 90.3 Å². The summed E-state index contributed by atoms with van der Waals surface area (Å²) >= 11 is 1.71. The highest BCUT2D eigenvalue weighted by Gasteiger charge is 2.22. The molecule has 0 unspecified atom stereocenters. The molecule has 5 rings (SSSR count). The summed E-state index contributed by atoms with van der Waals surface area (Å²) < 4.78 is 0. The van der Waals surface area contributed by atoms with Crippen molar-refractivity contribution in [3.8, 4) is 22.4 Å². The van der Waals surface area contributed by atoms with Gasteiger partial charge in [0, 0.05) is 37.1 Å². The van der Waals surface area contributed by atoms with Crippen LogP contribution in [0.25, 0.3) is 22.4 Å². The summed E-state index contributed by atoms with van der Waals surface area (Å²) in [6, 6.07) is 29.0. The van der Waals surface area contributed by atoms with Crippen molar-refractivity contribution in [2.75, 3.05) is 26.2 Å². The van der Waals surface area contributed by atoms with Crippen molar-refractivity contribution in [3.05, 3.63) is 101 Å². The van der Waals surface area contributed by atoms with Gasteiger partial charge >= 0.3 is 0 Å². The van der Waals surface area contributed by atoms with Crippen molar-refractivity contribution in [1.82, 2.24) is 14.8 Å². The number of aromatic nitrogens is 1. The molecule has 1 aliphatic heterocycles. The fourth-order valence-corrected chi connectivity index (χ4v) is 5.05. The average Bonchev–Trinajstić information content (AvgIpc) is 3.34. The number of carbonyl (C=O) groups is 1. The second kappa shape index (κ2) is 10.1. The van der Waals surface area contributed by atoms with E-state index in [4.69, 9.17) is 4.98 Å². The number of benzene rings is 3. The monoisotopic (exact) mass is 453 g/mol. The maximum atomic E-state index is 12.8. The summed E-state index contributed by atoms with van der Waals surface area (Å²) in [5, 5.41) is 3.26. The van der Waals surface area contributed by atoms with E-state index in [1.165, 1.54) is 11.1 Å². The minimum Gasteiger partial charge on any atom is -0.340 e. The van der Waals surface area contributed by atoms with Gasteiger partial charge < -0.3 is 4.90 Å². The molecule has 0 aliphatic carbocycles. The molecule has 33 heavy (non-hydrogen) atoms. The van der Waals surface area contributed by atoms with E-state index in [0.717, 1.165) is 54.6 Å². The molecule has 1 fully saturated rings. The van der Waals surface area contributed by atoms with Crippen molar-refractivity contribution in [1.29, 1.82) is 0 Å². The van der Waals surface area contributed by atoms with Crippen LogP contribution in [-0.4, -0.2) is 46.9 Å². The first-order valence-corrected chi connectivity index (χ1v) is 12.3. The van der Waals surface area contributed by atoms with E-state index in [-0.39, 0.29) is 5.91 Å². The van der Waals surface area contributed by atoms with Gasteiger partial charge in [-0.1, -0.05) is 84.9 Å². The Morgan fingerprint density at radius 1 is 0.758 bits per heavy atom. The Balaban J connectivity index is 1.11. The van der Waals surface area contributed by atoms with E-state index in [0.29, 0.717) is 6.42 Å². The summed E-state index contributed by atoms with van der Waals surface area (Å²) in [4.78, 5) is 22.0. The normalized spacial score (nSPS) is 14.4. The predicted octanol–water partition coefficient (Wildman–Crippen LogP) is 5.36. The number of hydrogen-bond acceptors (Lipinski definition) is 4. The quantitative estimate of drug-likeness (QED) is 0.394. The van der Waals surface area contributed by atoms with E-state index in [1.54, 1.807) is 11.3 Å². The summed E-state index contributed by atoms with van der Waals surface area (Å²) in [6.07, 6.45) is 0.460. The molecule has 0 N–H and O–H groups in total. The number of nitrogens with zero attached hydrogens (tertiary/aromatic N) is 3. The Morgan fingerprint density at radius 3 is 2.03 bits per heavy atom. The summed E-state index contributed by atoms with van der Waals surface area (Å²) in [5.74, 6) is 0.211. The molecule has 1 aromatic heterocycles. The molecule has 0 spiro atoms. The van der Waals surface area contributed by atoms with Crippen LogP contribution in [0, 0.1) is 0 Å². The molecule has 0 saturated carbocycles. The van der Waals surface area contributed by atoms with Gasteiger partial charge in [-0.05, 0) is 16.7 Å². The zero-order valence-electron chi connectivity index (χ0n) is 18.6. The molecule has 0 bridgehead atoms. The smallest absolute Gasteiger partial charge is 0.227 e. The van der Waals surface area contributed by atoms with E-state index < -0.39 is 0 Å². The molecule has 1 aliphatic rings. The molecule has 3 aromatic carbocycles. The second-order valence-electron chi connectivity index (χ2n) is 8.39. The van der Waals surface area contributed by atoms with Gasteiger partial charge in [-0.2, -0.15) is 0 Å². The highest BCUT2D eigenvalue weighted by atomic mass is 32.1. The number of hydrogen-bond donors (Lipinski definition) is 0. The molecule has 4 nitrogen and oxygen atoms in total. The fourth-order valence-electron chi connectivity index (χ4n) is 4.20. The molecular weight excluding hydrogens is 426 g/mol. The van der Waals surface area contributed by atoms with Gasteiger partial charge in [0.2, 0.25) is 5.91 Å². The molecule has 0 atom stereocenters. The van der Waals surface area contributed by atoms with E-state index in [1.807, 2.05) is 41.3 Å². The lowest BCUT2D eigenvalue weighted by molar-refractivity contribution is -0.132. The van der Waals surface area contributed by atoms with Gasteiger partial charge in [0.1, 0.15) is 5.01 Å². The largest absolute Gasteiger partial charge is 0.340 e. The van der Waals surface area contributed by atoms with Crippen LogP contribution in [0.5, 0.6) is 0 Å². The number of thiazole rings is 1. The Hall–Kier alpha value is -3.28. The number of amides is 1. The van der Waals surface area contributed by atoms with Crippen LogP contribution < -0.4 is 0 Å². The van der Waals surface area contributed by atoms with Gasteiger partial charge in [0.15, 0.2) is 0 Å². The first-order chi connectivity index (χ1) is 16.2. The Kier molecular flexibility index (Phi) is 6.61. The lowest BCUT2D eigenvalue weighted by Crippen LogP contribution is -2.48. The molecule has 5 heteroatoms. The van der Waals surface area contributed by atoms with Crippen LogP contribution in [0.1, 0.15) is 10.6 Å². The average molecular weight is 454 g/mol.